The molecule has 108 valence electrons. The smallest absolute Gasteiger partial charge is 0.231 e. The molecule has 0 unspecified atom stereocenters. The van der Waals surface area contributed by atoms with Crippen LogP contribution in [0.15, 0.2) is 18.2 Å². The van der Waals surface area contributed by atoms with Gasteiger partial charge in [0, 0.05) is 6.54 Å². The molecule has 4 rings (SSSR count). The van der Waals surface area contributed by atoms with Crippen LogP contribution in [0.2, 0.25) is 0 Å². The molecule has 0 saturated carbocycles. The fraction of sp³-hybridized carbons (Fsp3) is 0.312. The third kappa shape index (κ3) is 2.61. The van der Waals surface area contributed by atoms with Crippen LogP contribution in [0.3, 0.4) is 0 Å². The van der Waals surface area contributed by atoms with E-state index in [1.165, 1.54) is 23.5 Å². The summed E-state index contributed by atoms with van der Waals surface area (Å²) < 4.78 is 10.7. The van der Waals surface area contributed by atoms with Crippen LogP contribution in [0, 0.1) is 0 Å². The summed E-state index contributed by atoms with van der Waals surface area (Å²) in [5.41, 5.74) is 2.31. The number of fused-ring (bicyclic) bond motifs is 2. The second-order valence-corrected chi connectivity index (χ2v) is 6.19. The Balaban J connectivity index is 1.55. The number of nitrogens with one attached hydrogen (secondary N) is 1. The zero-order valence-electron chi connectivity index (χ0n) is 11.6. The van der Waals surface area contributed by atoms with Crippen molar-refractivity contribution in [2.24, 2.45) is 0 Å². The minimum absolute atomic E-state index is 0.313. The topological polar surface area (TPSA) is 43.4 Å². The van der Waals surface area contributed by atoms with E-state index in [4.69, 9.17) is 14.5 Å². The number of hydrogen-bond donors (Lipinski definition) is 1. The van der Waals surface area contributed by atoms with Gasteiger partial charge in [-0.05, 0) is 43.0 Å². The number of anilines is 1. The van der Waals surface area contributed by atoms with E-state index in [9.17, 15) is 0 Å². The highest BCUT2D eigenvalue weighted by Crippen LogP contribution is 2.33. The normalized spacial score (nSPS) is 16.6. The summed E-state index contributed by atoms with van der Waals surface area (Å²) >= 11 is 1.73. The Morgan fingerprint density at radius 2 is 2.10 bits per heavy atom. The first-order valence-corrected chi connectivity index (χ1v) is 8.01. The Hall–Kier alpha value is -2.01. The van der Waals surface area contributed by atoms with E-state index in [0.717, 1.165) is 35.0 Å². The second-order valence-electron chi connectivity index (χ2n) is 5.16. The van der Waals surface area contributed by atoms with E-state index in [1.54, 1.807) is 11.3 Å². The summed E-state index contributed by atoms with van der Waals surface area (Å²) in [5.74, 6) is 1.63. The van der Waals surface area contributed by atoms with E-state index < -0.39 is 0 Å². The molecule has 1 aromatic carbocycles. The van der Waals surface area contributed by atoms with Gasteiger partial charge >= 0.3 is 0 Å². The molecule has 0 radical (unpaired) electrons. The number of rotatable bonds is 2. The van der Waals surface area contributed by atoms with Crippen LogP contribution in [-0.2, 0) is 6.42 Å². The lowest BCUT2D eigenvalue weighted by Gasteiger charge is -1.97. The van der Waals surface area contributed by atoms with Crippen LogP contribution in [0.1, 0.15) is 29.1 Å². The van der Waals surface area contributed by atoms with Crippen molar-refractivity contribution >= 4 is 28.5 Å². The van der Waals surface area contributed by atoms with E-state index in [2.05, 4.69) is 17.5 Å². The Morgan fingerprint density at radius 3 is 3.10 bits per heavy atom. The predicted octanol–water partition coefficient (Wildman–Crippen LogP) is 3.79. The molecule has 0 amide bonds. The Kier molecular flexibility index (Phi) is 3.27. The quantitative estimate of drug-likeness (QED) is 0.916. The first-order valence-electron chi connectivity index (χ1n) is 7.20. The van der Waals surface area contributed by atoms with Gasteiger partial charge in [-0.1, -0.05) is 23.5 Å². The summed E-state index contributed by atoms with van der Waals surface area (Å²) in [6.45, 7) is 1.37. The van der Waals surface area contributed by atoms with Crippen molar-refractivity contribution in [2.45, 2.75) is 19.3 Å². The van der Waals surface area contributed by atoms with Gasteiger partial charge in [0.2, 0.25) is 6.79 Å². The molecule has 1 aromatic heterocycles. The number of hydrogen-bond acceptors (Lipinski definition) is 5. The molecule has 0 saturated heterocycles. The van der Waals surface area contributed by atoms with Crippen LogP contribution >= 0.6 is 11.3 Å². The SMILES string of the molecule is C(=Cc1nc2c(s1)NCCCC2)c1ccc2c(c1)OCO2. The summed E-state index contributed by atoms with van der Waals surface area (Å²) in [4.78, 5) is 4.71. The van der Waals surface area contributed by atoms with Gasteiger partial charge in [0.15, 0.2) is 11.5 Å². The van der Waals surface area contributed by atoms with E-state index in [-0.39, 0.29) is 0 Å². The fourth-order valence-corrected chi connectivity index (χ4v) is 3.49. The fourth-order valence-electron chi connectivity index (χ4n) is 2.55. The van der Waals surface area contributed by atoms with Crippen LogP contribution in [-0.4, -0.2) is 18.3 Å². The average Bonchev–Trinajstić information content (AvgIpc) is 3.06. The van der Waals surface area contributed by atoms with Crippen LogP contribution in [0.4, 0.5) is 5.00 Å². The van der Waals surface area contributed by atoms with Gasteiger partial charge in [0.25, 0.3) is 0 Å². The highest BCUT2D eigenvalue weighted by atomic mass is 32.1. The minimum Gasteiger partial charge on any atom is -0.454 e. The van der Waals surface area contributed by atoms with Gasteiger partial charge in [-0.15, -0.1) is 0 Å². The second kappa shape index (κ2) is 5.41. The highest BCUT2D eigenvalue weighted by molar-refractivity contribution is 7.16. The van der Waals surface area contributed by atoms with Crippen molar-refractivity contribution in [3.63, 3.8) is 0 Å². The van der Waals surface area contributed by atoms with Crippen molar-refractivity contribution in [2.75, 3.05) is 18.7 Å². The first kappa shape index (κ1) is 12.7. The number of nitrogens with zero attached hydrogens (tertiary/aromatic N) is 1. The molecule has 4 nitrogen and oxygen atoms in total. The zero-order valence-corrected chi connectivity index (χ0v) is 12.4. The van der Waals surface area contributed by atoms with Gasteiger partial charge in [-0.3, -0.25) is 0 Å². The van der Waals surface area contributed by atoms with Crippen LogP contribution in [0.5, 0.6) is 11.5 Å². The molecule has 2 aliphatic heterocycles. The number of thiazole rings is 1. The van der Waals surface area contributed by atoms with E-state index in [0.29, 0.717) is 6.79 Å². The van der Waals surface area contributed by atoms with Crippen molar-refractivity contribution < 1.29 is 9.47 Å². The third-order valence-corrected chi connectivity index (χ3v) is 4.68. The number of ether oxygens (including phenoxy) is 2. The maximum atomic E-state index is 5.39. The molecule has 0 bridgehead atoms. The van der Waals surface area contributed by atoms with E-state index in [1.807, 2.05) is 18.2 Å². The summed E-state index contributed by atoms with van der Waals surface area (Å²) in [7, 11) is 0. The van der Waals surface area contributed by atoms with Crippen molar-refractivity contribution in [3.05, 3.63) is 34.5 Å². The third-order valence-electron chi connectivity index (χ3n) is 3.65. The molecular weight excluding hydrogens is 284 g/mol. The molecule has 1 N–H and O–H groups in total. The molecule has 0 atom stereocenters. The maximum Gasteiger partial charge on any atom is 0.231 e. The molecule has 0 fully saturated rings. The molecule has 2 aliphatic rings. The molecule has 0 aliphatic carbocycles. The lowest BCUT2D eigenvalue weighted by Crippen LogP contribution is -1.96. The van der Waals surface area contributed by atoms with Crippen LogP contribution < -0.4 is 14.8 Å². The standard InChI is InChI=1S/C16H16N2O2S/c1-2-8-17-16-12(3-1)18-15(21-16)7-5-11-4-6-13-14(9-11)20-10-19-13/h4-7,9,17H,1-3,8,10H2. The minimum atomic E-state index is 0.313. The largest absolute Gasteiger partial charge is 0.454 e. The molecule has 5 heteroatoms. The van der Waals surface area contributed by atoms with Gasteiger partial charge < -0.3 is 14.8 Å². The summed E-state index contributed by atoms with van der Waals surface area (Å²) in [6.07, 6.45) is 7.66. The van der Waals surface area contributed by atoms with Gasteiger partial charge in [-0.2, -0.15) is 0 Å². The van der Waals surface area contributed by atoms with Crippen molar-refractivity contribution in [1.82, 2.24) is 4.98 Å². The molecule has 3 heterocycles. The Bertz CT molecular complexity index is 670. The number of benzene rings is 1. The zero-order chi connectivity index (χ0) is 14.1. The molecule has 2 aromatic rings. The molecular formula is C16H16N2O2S. The van der Waals surface area contributed by atoms with Gasteiger partial charge in [0.1, 0.15) is 10.0 Å². The lowest BCUT2D eigenvalue weighted by molar-refractivity contribution is 0.174. The first-order chi connectivity index (χ1) is 10.4. The molecule has 0 spiro atoms. The molecule has 21 heavy (non-hydrogen) atoms. The van der Waals surface area contributed by atoms with Crippen molar-refractivity contribution in [3.8, 4) is 11.5 Å². The lowest BCUT2D eigenvalue weighted by atomic mass is 10.2. The highest BCUT2D eigenvalue weighted by Gasteiger charge is 2.13. The number of aromatic nitrogens is 1. The van der Waals surface area contributed by atoms with Crippen LogP contribution in [0.25, 0.3) is 12.2 Å². The van der Waals surface area contributed by atoms with Crippen molar-refractivity contribution in [1.29, 1.82) is 0 Å². The van der Waals surface area contributed by atoms with Gasteiger partial charge in [0.05, 0.1) is 5.69 Å². The summed E-state index contributed by atoms with van der Waals surface area (Å²) in [5, 5.41) is 5.75. The predicted molar refractivity (Wildman–Crippen MR) is 85.0 cm³/mol. The summed E-state index contributed by atoms with van der Waals surface area (Å²) in [6, 6.07) is 5.97. The van der Waals surface area contributed by atoms with E-state index >= 15 is 0 Å². The Labute approximate surface area is 127 Å². The number of aryl methyl sites for hydroxylation is 1. The monoisotopic (exact) mass is 300 g/mol. The average molecular weight is 300 g/mol. The Morgan fingerprint density at radius 1 is 1.14 bits per heavy atom. The maximum absolute atomic E-state index is 5.39. The van der Waals surface area contributed by atoms with Gasteiger partial charge in [-0.25, -0.2) is 4.98 Å².